The molecule has 0 bridgehead atoms. The minimum Gasteiger partial charge on any atom is -0.488 e. The van der Waals surface area contributed by atoms with Crippen molar-refractivity contribution in [2.75, 3.05) is 26.3 Å². The van der Waals surface area contributed by atoms with E-state index in [1.165, 1.54) is 12.4 Å². The van der Waals surface area contributed by atoms with Gasteiger partial charge in [-0.1, -0.05) is 0 Å². The summed E-state index contributed by atoms with van der Waals surface area (Å²) in [5.74, 6) is 0.410. The van der Waals surface area contributed by atoms with Crippen LogP contribution in [0, 0.1) is 11.3 Å². The van der Waals surface area contributed by atoms with Crippen molar-refractivity contribution in [2.45, 2.75) is 32.5 Å². The molecule has 1 aromatic heterocycles. The van der Waals surface area contributed by atoms with Gasteiger partial charge < -0.3 is 19.1 Å². The van der Waals surface area contributed by atoms with E-state index in [1.807, 2.05) is 26.8 Å². The van der Waals surface area contributed by atoms with Gasteiger partial charge in [-0.2, -0.15) is 5.26 Å². The van der Waals surface area contributed by atoms with Gasteiger partial charge in [0.05, 0.1) is 24.9 Å². The third-order valence-electron chi connectivity index (χ3n) is 3.12. The van der Waals surface area contributed by atoms with Gasteiger partial charge in [0, 0.05) is 12.7 Å². The molecule has 0 aromatic carbocycles. The van der Waals surface area contributed by atoms with Gasteiger partial charge in [0.1, 0.15) is 24.4 Å². The number of nitrogens with zero attached hydrogens (tertiary/aromatic N) is 3. The molecule has 124 valence electrons. The SMILES string of the molecule is CC(C)(C)OC(=O)N1CCO[C@@H](COc2cnccc2C#N)C1. The highest BCUT2D eigenvalue weighted by atomic mass is 16.6. The Bertz CT molecular complexity index is 592. The lowest BCUT2D eigenvalue weighted by Crippen LogP contribution is -2.49. The molecular formula is C16H21N3O4. The Kier molecular flexibility index (Phi) is 5.40. The molecule has 2 heterocycles. The summed E-state index contributed by atoms with van der Waals surface area (Å²) in [6, 6.07) is 3.63. The molecule has 2 rings (SSSR count). The maximum atomic E-state index is 12.1. The van der Waals surface area contributed by atoms with E-state index in [2.05, 4.69) is 4.98 Å². The fourth-order valence-corrected chi connectivity index (χ4v) is 2.08. The first-order chi connectivity index (χ1) is 10.9. The summed E-state index contributed by atoms with van der Waals surface area (Å²) in [6.45, 7) is 7.02. The van der Waals surface area contributed by atoms with Crippen molar-refractivity contribution in [1.82, 2.24) is 9.88 Å². The molecule has 0 radical (unpaired) electrons. The lowest BCUT2D eigenvalue weighted by atomic mass is 10.2. The smallest absolute Gasteiger partial charge is 0.410 e. The first-order valence-electron chi connectivity index (χ1n) is 7.45. The predicted octanol–water partition coefficient (Wildman–Crippen LogP) is 1.97. The number of nitriles is 1. The van der Waals surface area contributed by atoms with Crippen LogP contribution in [-0.2, 0) is 9.47 Å². The van der Waals surface area contributed by atoms with Gasteiger partial charge in [0.2, 0.25) is 0 Å². The molecular weight excluding hydrogens is 298 g/mol. The van der Waals surface area contributed by atoms with Crippen LogP contribution >= 0.6 is 0 Å². The number of rotatable bonds is 3. The molecule has 0 spiro atoms. The summed E-state index contributed by atoms with van der Waals surface area (Å²) in [6.07, 6.45) is 2.40. The van der Waals surface area contributed by atoms with Crippen molar-refractivity contribution in [3.05, 3.63) is 24.0 Å². The van der Waals surface area contributed by atoms with Crippen LogP contribution in [0.2, 0.25) is 0 Å². The van der Waals surface area contributed by atoms with E-state index in [9.17, 15) is 4.79 Å². The average Bonchev–Trinajstić information content (AvgIpc) is 2.52. The van der Waals surface area contributed by atoms with Crippen LogP contribution in [0.15, 0.2) is 18.5 Å². The first-order valence-corrected chi connectivity index (χ1v) is 7.45. The fraction of sp³-hybridized carbons (Fsp3) is 0.562. The van der Waals surface area contributed by atoms with Crippen LogP contribution in [0.4, 0.5) is 4.79 Å². The molecule has 0 N–H and O–H groups in total. The standard InChI is InChI=1S/C16H21N3O4/c1-16(2,3)23-15(20)19-6-7-21-13(10-19)11-22-14-9-18-5-4-12(14)8-17/h4-5,9,13H,6-7,10-11H2,1-3H3/t13-/m1/s1. The largest absolute Gasteiger partial charge is 0.488 e. The minimum atomic E-state index is -0.529. The summed E-state index contributed by atoms with van der Waals surface area (Å²) in [5.41, 5.74) is -0.112. The van der Waals surface area contributed by atoms with Crippen LogP contribution in [0.5, 0.6) is 5.75 Å². The molecule has 23 heavy (non-hydrogen) atoms. The number of morpholine rings is 1. The summed E-state index contributed by atoms with van der Waals surface area (Å²) < 4.78 is 16.6. The van der Waals surface area contributed by atoms with Crippen molar-refractivity contribution >= 4 is 6.09 Å². The van der Waals surface area contributed by atoms with Gasteiger partial charge in [0.15, 0.2) is 5.75 Å². The Morgan fingerprint density at radius 2 is 2.35 bits per heavy atom. The van der Waals surface area contributed by atoms with Crippen LogP contribution in [0.25, 0.3) is 0 Å². The lowest BCUT2D eigenvalue weighted by molar-refractivity contribution is -0.0557. The molecule has 1 aliphatic heterocycles. The Balaban J connectivity index is 1.89. The molecule has 7 nitrogen and oxygen atoms in total. The Morgan fingerprint density at radius 1 is 1.57 bits per heavy atom. The Morgan fingerprint density at radius 3 is 3.04 bits per heavy atom. The van der Waals surface area contributed by atoms with Crippen molar-refractivity contribution in [3.8, 4) is 11.8 Å². The van der Waals surface area contributed by atoms with E-state index in [0.29, 0.717) is 31.0 Å². The van der Waals surface area contributed by atoms with E-state index >= 15 is 0 Å². The van der Waals surface area contributed by atoms with Crippen molar-refractivity contribution in [1.29, 1.82) is 5.26 Å². The van der Waals surface area contributed by atoms with Gasteiger partial charge >= 0.3 is 6.09 Å². The number of amides is 1. The molecule has 7 heteroatoms. The van der Waals surface area contributed by atoms with Gasteiger partial charge in [0.25, 0.3) is 0 Å². The summed E-state index contributed by atoms with van der Waals surface area (Å²) in [5, 5.41) is 9.02. The van der Waals surface area contributed by atoms with E-state index in [1.54, 1.807) is 11.0 Å². The number of carbonyl (C=O) groups is 1. The van der Waals surface area contributed by atoms with E-state index < -0.39 is 5.60 Å². The summed E-state index contributed by atoms with van der Waals surface area (Å²) in [7, 11) is 0. The normalized spacial score (nSPS) is 18.2. The topological polar surface area (TPSA) is 84.7 Å². The molecule has 0 unspecified atom stereocenters. The first kappa shape index (κ1) is 17.0. The highest BCUT2D eigenvalue weighted by Crippen LogP contribution is 2.17. The third kappa shape index (κ3) is 5.11. The average molecular weight is 319 g/mol. The second-order valence-electron chi connectivity index (χ2n) is 6.21. The van der Waals surface area contributed by atoms with Crippen molar-refractivity contribution in [3.63, 3.8) is 0 Å². The third-order valence-corrected chi connectivity index (χ3v) is 3.12. The monoisotopic (exact) mass is 319 g/mol. The summed E-state index contributed by atoms with van der Waals surface area (Å²) in [4.78, 5) is 17.6. The van der Waals surface area contributed by atoms with Gasteiger partial charge in [-0.25, -0.2) is 4.79 Å². The maximum absolute atomic E-state index is 12.1. The number of ether oxygens (including phenoxy) is 3. The fourth-order valence-electron chi connectivity index (χ4n) is 2.08. The molecule has 1 atom stereocenters. The minimum absolute atomic E-state index is 0.236. The molecule has 1 amide bonds. The number of hydrogen-bond donors (Lipinski definition) is 0. The van der Waals surface area contributed by atoms with Crippen LogP contribution < -0.4 is 4.74 Å². The van der Waals surface area contributed by atoms with E-state index in [4.69, 9.17) is 19.5 Å². The predicted molar refractivity (Wildman–Crippen MR) is 82.0 cm³/mol. The quantitative estimate of drug-likeness (QED) is 0.847. The number of carbonyl (C=O) groups excluding carboxylic acids is 1. The molecule has 1 aromatic rings. The number of pyridine rings is 1. The van der Waals surface area contributed by atoms with Gasteiger partial charge in [-0.15, -0.1) is 0 Å². The molecule has 1 aliphatic rings. The van der Waals surface area contributed by atoms with E-state index in [0.717, 1.165) is 0 Å². The van der Waals surface area contributed by atoms with Crippen LogP contribution in [-0.4, -0.2) is 54.0 Å². The highest BCUT2D eigenvalue weighted by Gasteiger charge is 2.28. The van der Waals surface area contributed by atoms with Crippen molar-refractivity contribution in [2.24, 2.45) is 0 Å². The molecule has 1 fully saturated rings. The number of hydrogen-bond acceptors (Lipinski definition) is 6. The zero-order chi connectivity index (χ0) is 16.9. The summed E-state index contributed by atoms with van der Waals surface area (Å²) >= 11 is 0. The lowest BCUT2D eigenvalue weighted by Gasteiger charge is -2.34. The maximum Gasteiger partial charge on any atom is 0.410 e. The zero-order valence-electron chi connectivity index (χ0n) is 13.6. The van der Waals surface area contributed by atoms with Crippen LogP contribution in [0.1, 0.15) is 26.3 Å². The highest BCUT2D eigenvalue weighted by molar-refractivity contribution is 5.68. The van der Waals surface area contributed by atoms with E-state index in [-0.39, 0.29) is 18.8 Å². The second kappa shape index (κ2) is 7.29. The molecule has 0 saturated carbocycles. The van der Waals surface area contributed by atoms with Gasteiger partial charge in [-0.3, -0.25) is 4.98 Å². The van der Waals surface area contributed by atoms with Crippen LogP contribution in [0.3, 0.4) is 0 Å². The molecule has 1 saturated heterocycles. The zero-order valence-corrected chi connectivity index (χ0v) is 13.6. The molecule has 0 aliphatic carbocycles. The van der Waals surface area contributed by atoms with Gasteiger partial charge in [-0.05, 0) is 26.8 Å². The van der Waals surface area contributed by atoms with Crippen molar-refractivity contribution < 1.29 is 19.0 Å². The number of aromatic nitrogens is 1. The Labute approximate surface area is 135 Å². The Hall–Kier alpha value is -2.33. The second-order valence-corrected chi connectivity index (χ2v) is 6.21.